The molecule has 2 aromatic carbocycles. The average molecular weight is 682 g/mol. The van der Waals surface area contributed by atoms with E-state index in [1.807, 2.05) is 25.1 Å². The number of quaternary nitrogens is 2. The molecule has 246 valence electrons. The molecule has 8 rings (SSSR count). The molecule has 2 bridgehead atoms. The van der Waals surface area contributed by atoms with Crippen LogP contribution in [-0.2, 0) is 26.0 Å². The highest BCUT2D eigenvalue weighted by atomic mass is 35.5. The fourth-order valence-electron chi connectivity index (χ4n) is 8.87. The van der Waals surface area contributed by atoms with Crippen LogP contribution in [0.2, 0.25) is 0 Å². The van der Waals surface area contributed by atoms with Gasteiger partial charge in [-0.3, -0.25) is 9.10 Å². The third-order valence-electron chi connectivity index (χ3n) is 11.4. The number of amides is 1. The molecule has 1 amide bonds. The van der Waals surface area contributed by atoms with Crippen LogP contribution < -0.4 is 29.1 Å². The lowest BCUT2D eigenvalue weighted by Gasteiger charge is -2.55. The number of aliphatic hydroxyl groups excluding tert-OH is 1. The van der Waals surface area contributed by atoms with Gasteiger partial charge >= 0.3 is 5.97 Å². The number of carboxylic acid groups (broad SMARTS) is 1. The van der Waals surface area contributed by atoms with Gasteiger partial charge in [0.2, 0.25) is 5.91 Å². The summed E-state index contributed by atoms with van der Waals surface area (Å²) in [5, 5.41) is 21.8. The second-order valence-electron chi connectivity index (χ2n) is 13.6. The molecule has 0 aliphatic carbocycles. The first kappa shape index (κ1) is 33.9. The number of sulfonamides is 1. The normalized spacial score (nSPS) is 31.4. The molecular formula is C32H42Cl2N4O6S. The predicted molar refractivity (Wildman–Crippen MR) is 162 cm³/mol. The standard InChI is InChI=1S/C32H41N4O6S.2ClH/c1-4-9-35-11-14-36(15-12-35,16-13-35)10-8-22-17-23-6-5-7-25-28(23)26(18-22)43(41,42)33(25)19-24-20(2)29-27(21(3)37)31(38)34(29)30(24)32(39)40;;/h5-7,17-18,20-21,27,29,37H,4,8-16,19H2,1-3H3;2*1H/q+1;;/p-1/t20-,21+,27+,29+,35?,36?;;/m0../s1. The van der Waals surface area contributed by atoms with Gasteiger partial charge in [-0.25, -0.2) is 13.2 Å². The van der Waals surface area contributed by atoms with Crippen molar-refractivity contribution in [1.29, 1.82) is 0 Å². The topological polar surface area (TPSA) is 115 Å². The van der Waals surface area contributed by atoms with E-state index in [2.05, 4.69) is 13.0 Å². The van der Waals surface area contributed by atoms with Crippen LogP contribution in [0.5, 0.6) is 0 Å². The fourth-order valence-corrected chi connectivity index (χ4v) is 10.6. The SMILES string of the molecule is CCC[N+]12CC[N+](CCc3cc4c5c(cccc5c3)N(CC3=C(C(=O)O)N5C(=O)[C@H]([C@@H](C)O)[C@H]5[C@H]3C)S4(=O)=O)(CC1)CC2.[Cl-].[Cl-]. The number of fused-ring (bicyclic) bond motifs is 4. The van der Waals surface area contributed by atoms with Crippen molar-refractivity contribution < 1.29 is 62.0 Å². The number of carboxylic acids is 1. The Labute approximate surface area is 277 Å². The van der Waals surface area contributed by atoms with E-state index in [0.29, 0.717) is 16.6 Å². The molecule has 6 heterocycles. The van der Waals surface area contributed by atoms with Crippen molar-refractivity contribution in [2.45, 2.75) is 50.7 Å². The second-order valence-corrected chi connectivity index (χ2v) is 15.5. The van der Waals surface area contributed by atoms with Gasteiger partial charge in [-0.15, -0.1) is 0 Å². The summed E-state index contributed by atoms with van der Waals surface area (Å²) in [7, 11) is -3.96. The number of hydrogen-bond acceptors (Lipinski definition) is 5. The summed E-state index contributed by atoms with van der Waals surface area (Å²) in [6.45, 7) is 15.0. The fraction of sp³-hybridized carbons (Fsp3) is 0.562. The minimum Gasteiger partial charge on any atom is -1.00 e. The summed E-state index contributed by atoms with van der Waals surface area (Å²) in [5.41, 5.74) is 1.79. The van der Waals surface area contributed by atoms with Crippen LogP contribution in [0.1, 0.15) is 32.8 Å². The van der Waals surface area contributed by atoms with Crippen LogP contribution in [0, 0.1) is 11.8 Å². The van der Waals surface area contributed by atoms with E-state index >= 15 is 0 Å². The number of nitrogens with zero attached hydrogens (tertiary/aromatic N) is 4. The molecule has 10 nitrogen and oxygen atoms in total. The maximum absolute atomic E-state index is 14.2. The lowest BCUT2D eigenvalue weighted by Crippen LogP contribution is -3.00. The molecule has 4 fully saturated rings. The Hall–Kier alpha value is -2.41. The number of halogens is 2. The highest BCUT2D eigenvalue weighted by Crippen LogP contribution is 2.49. The number of benzene rings is 2. The number of carbonyl (C=O) groups is 2. The van der Waals surface area contributed by atoms with E-state index in [1.165, 1.54) is 72.8 Å². The number of carbonyl (C=O) groups excluding carboxylic acids is 1. The lowest BCUT2D eigenvalue weighted by atomic mass is 9.78. The number of aliphatic carboxylic acids is 1. The number of aliphatic hydroxyl groups is 1. The first-order valence-corrected chi connectivity index (χ1v) is 17.1. The van der Waals surface area contributed by atoms with E-state index in [-0.39, 0.29) is 42.0 Å². The smallest absolute Gasteiger partial charge is 0.352 e. The molecular weight excluding hydrogens is 639 g/mol. The van der Waals surface area contributed by atoms with E-state index in [0.717, 1.165) is 28.4 Å². The Morgan fingerprint density at radius 3 is 2.24 bits per heavy atom. The molecule has 13 heteroatoms. The molecule has 0 radical (unpaired) electrons. The quantitative estimate of drug-likeness (QED) is 0.207. The van der Waals surface area contributed by atoms with Gasteiger partial charge < -0.3 is 48.9 Å². The van der Waals surface area contributed by atoms with Crippen LogP contribution in [0.4, 0.5) is 5.69 Å². The summed E-state index contributed by atoms with van der Waals surface area (Å²) < 4.78 is 32.0. The predicted octanol–water partition coefficient (Wildman–Crippen LogP) is -3.83. The van der Waals surface area contributed by atoms with Gasteiger partial charge in [0.25, 0.3) is 10.0 Å². The second kappa shape index (κ2) is 11.7. The number of β-lactam (4-membered cyclic amide) rings is 1. The summed E-state index contributed by atoms with van der Waals surface area (Å²) in [5.74, 6) is -2.80. The molecule has 2 aromatic rings. The molecule has 45 heavy (non-hydrogen) atoms. The zero-order valence-electron chi connectivity index (χ0n) is 26.0. The highest BCUT2D eigenvalue weighted by molar-refractivity contribution is 7.93. The van der Waals surface area contributed by atoms with E-state index in [9.17, 15) is 28.2 Å². The van der Waals surface area contributed by atoms with Crippen LogP contribution >= 0.6 is 0 Å². The maximum atomic E-state index is 14.2. The van der Waals surface area contributed by atoms with Gasteiger partial charge in [0.05, 0.1) is 48.3 Å². The van der Waals surface area contributed by atoms with Crippen molar-refractivity contribution in [2.75, 3.05) is 63.2 Å². The minimum atomic E-state index is -3.96. The Morgan fingerprint density at radius 2 is 1.67 bits per heavy atom. The molecule has 0 spiro atoms. The Morgan fingerprint density at radius 1 is 1.04 bits per heavy atom. The lowest BCUT2D eigenvalue weighted by molar-refractivity contribution is -1.08. The number of rotatable bonds is 9. The van der Waals surface area contributed by atoms with Crippen LogP contribution in [0.25, 0.3) is 10.8 Å². The van der Waals surface area contributed by atoms with Crippen molar-refractivity contribution in [3.63, 3.8) is 0 Å². The third-order valence-corrected chi connectivity index (χ3v) is 13.1. The Bertz CT molecular complexity index is 1670. The van der Waals surface area contributed by atoms with Crippen molar-refractivity contribution in [1.82, 2.24) is 4.90 Å². The van der Waals surface area contributed by atoms with Crippen molar-refractivity contribution >= 4 is 38.4 Å². The number of hydrogen-bond donors (Lipinski definition) is 2. The summed E-state index contributed by atoms with van der Waals surface area (Å²) >= 11 is 0. The molecule has 6 aliphatic heterocycles. The Balaban J connectivity index is 0.00000200. The Kier molecular flexibility index (Phi) is 8.81. The van der Waals surface area contributed by atoms with Crippen LogP contribution in [0.3, 0.4) is 0 Å². The zero-order valence-corrected chi connectivity index (χ0v) is 28.3. The molecule has 6 aliphatic rings. The van der Waals surface area contributed by atoms with Crippen LogP contribution in [-0.4, -0.2) is 115 Å². The van der Waals surface area contributed by atoms with Crippen molar-refractivity contribution in [3.05, 3.63) is 47.2 Å². The first-order chi connectivity index (χ1) is 20.4. The highest BCUT2D eigenvalue weighted by Gasteiger charge is 2.60. The van der Waals surface area contributed by atoms with E-state index in [4.69, 9.17) is 0 Å². The summed E-state index contributed by atoms with van der Waals surface area (Å²) in [6, 6.07) is 9.03. The van der Waals surface area contributed by atoms with Gasteiger partial charge in [-0.1, -0.05) is 32.0 Å². The van der Waals surface area contributed by atoms with Crippen molar-refractivity contribution in [2.24, 2.45) is 11.8 Å². The van der Waals surface area contributed by atoms with Gasteiger partial charge in [-0.05, 0) is 42.0 Å². The molecule has 0 unspecified atom stereocenters. The average Bonchev–Trinajstić information content (AvgIpc) is 3.34. The first-order valence-electron chi connectivity index (χ1n) is 15.7. The van der Waals surface area contributed by atoms with Crippen LogP contribution in [0.15, 0.2) is 46.5 Å². The molecule has 4 saturated heterocycles. The van der Waals surface area contributed by atoms with Gasteiger partial charge in [-0.2, -0.15) is 0 Å². The molecule has 0 saturated carbocycles. The third kappa shape index (κ3) is 4.96. The van der Waals surface area contributed by atoms with Gasteiger partial charge in [0.1, 0.15) is 45.0 Å². The van der Waals surface area contributed by atoms with E-state index in [1.54, 1.807) is 6.07 Å². The van der Waals surface area contributed by atoms with E-state index < -0.39 is 45.9 Å². The molecule has 2 N–H and O–H groups in total. The van der Waals surface area contributed by atoms with Crippen molar-refractivity contribution in [3.8, 4) is 0 Å². The maximum Gasteiger partial charge on any atom is 0.352 e. The summed E-state index contributed by atoms with van der Waals surface area (Å²) in [4.78, 5) is 26.7. The molecule has 0 aromatic heterocycles. The minimum absolute atomic E-state index is 0. The summed E-state index contributed by atoms with van der Waals surface area (Å²) in [6.07, 6.45) is 1.11. The largest absolute Gasteiger partial charge is 1.00 e. The zero-order chi connectivity index (χ0) is 30.5. The van der Waals surface area contributed by atoms with Gasteiger partial charge in [0.15, 0.2) is 0 Å². The monoisotopic (exact) mass is 680 g/mol. The number of anilines is 1. The molecule has 4 atom stereocenters. The number of piperazine rings is 3. The van der Waals surface area contributed by atoms with Gasteiger partial charge in [0, 0.05) is 17.7 Å².